The molecule has 0 aliphatic heterocycles. The molecule has 0 radical (unpaired) electrons. The topological polar surface area (TPSA) is 84.0 Å². The summed E-state index contributed by atoms with van der Waals surface area (Å²) in [6, 6.07) is 5.08. The van der Waals surface area contributed by atoms with Crippen molar-refractivity contribution in [1.82, 2.24) is 14.9 Å². The first-order valence-corrected chi connectivity index (χ1v) is 9.06. The Kier molecular flexibility index (Phi) is 5.97. The zero-order valence-corrected chi connectivity index (χ0v) is 15.8. The summed E-state index contributed by atoms with van der Waals surface area (Å²) in [6.45, 7) is 0. The van der Waals surface area contributed by atoms with Crippen LogP contribution in [0.1, 0.15) is 21.5 Å². The first-order chi connectivity index (χ1) is 14.4. The summed E-state index contributed by atoms with van der Waals surface area (Å²) in [7, 11) is 0. The standard InChI is InChI=1S/C18H10F6N4O2S/c19-17(20,21)11-5-12(18(22,23)24)7-13(6-11)25-16(30)26-15(29)10-3-1-9(2-4-10)14-8-31-28-27-14/h1-8H,(H2,25,26,29,30). The minimum absolute atomic E-state index is 0.0297. The molecule has 31 heavy (non-hydrogen) atoms. The van der Waals surface area contributed by atoms with Gasteiger partial charge in [-0.25, -0.2) is 4.79 Å². The summed E-state index contributed by atoms with van der Waals surface area (Å²) in [4.78, 5) is 24.1. The second-order valence-electron chi connectivity index (χ2n) is 6.07. The lowest BCUT2D eigenvalue weighted by atomic mass is 10.1. The Labute approximate surface area is 174 Å². The SMILES string of the molecule is O=C(NC(=O)c1ccc(-c2csnn2)cc1)Nc1cc(C(F)(F)F)cc(C(F)(F)F)c1. The Balaban J connectivity index is 1.73. The predicted octanol–water partition coefficient (Wildman–Crippen LogP) is 5.20. The van der Waals surface area contributed by atoms with E-state index in [1.165, 1.54) is 24.3 Å². The molecule has 6 nitrogen and oxygen atoms in total. The van der Waals surface area contributed by atoms with Crippen LogP contribution in [0.4, 0.5) is 36.8 Å². The van der Waals surface area contributed by atoms with Crippen molar-refractivity contribution in [2.24, 2.45) is 0 Å². The van der Waals surface area contributed by atoms with Crippen LogP contribution < -0.4 is 10.6 Å². The van der Waals surface area contributed by atoms with Gasteiger partial charge in [0.1, 0.15) is 5.69 Å². The van der Waals surface area contributed by atoms with Gasteiger partial charge in [0.05, 0.1) is 11.1 Å². The van der Waals surface area contributed by atoms with Crippen molar-refractivity contribution in [3.05, 3.63) is 64.5 Å². The molecule has 3 aromatic rings. The summed E-state index contributed by atoms with van der Waals surface area (Å²) in [6.07, 6.45) is -10.1. The van der Waals surface area contributed by atoms with Crippen LogP contribution in [0, 0.1) is 0 Å². The summed E-state index contributed by atoms with van der Waals surface area (Å²) < 4.78 is 81.0. The summed E-state index contributed by atoms with van der Waals surface area (Å²) in [5, 5.41) is 9.17. The number of amides is 3. The number of carbonyl (C=O) groups excluding carboxylic acids is 2. The van der Waals surface area contributed by atoms with Crippen LogP contribution in [0.5, 0.6) is 0 Å². The maximum atomic E-state index is 12.9. The van der Waals surface area contributed by atoms with Gasteiger partial charge >= 0.3 is 18.4 Å². The number of benzene rings is 2. The van der Waals surface area contributed by atoms with Gasteiger partial charge in [0, 0.05) is 22.2 Å². The third kappa shape index (κ3) is 5.57. The van der Waals surface area contributed by atoms with Crippen LogP contribution in [0.15, 0.2) is 47.8 Å². The molecule has 2 N–H and O–H groups in total. The van der Waals surface area contributed by atoms with E-state index in [-0.39, 0.29) is 11.6 Å². The van der Waals surface area contributed by atoms with Crippen LogP contribution >= 0.6 is 11.5 Å². The second-order valence-corrected chi connectivity index (χ2v) is 6.68. The van der Waals surface area contributed by atoms with Gasteiger partial charge in [-0.15, -0.1) is 5.10 Å². The number of nitrogens with one attached hydrogen (secondary N) is 2. The van der Waals surface area contributed by atoms with Crippen LogP contribution in [0.25, 0.3) is 11.3 Å². The van der Waals surface area contributed by atoms with Crippen LogP contribution in [-0.4, -0.2) is 21.5 Å². The van der Waals surface area contributed by atoms with Crippen molar-refractivity contribution in [2.75, 3.05) is 5.32 Å². The van der Waals surface area contributed by atoms with Crippen LogP contribution in [0.3, 0.4) is 0 Å². The maximum Gasteiger partial charge on any atom is 0.416 e. The highest BCUT2D eigenvalue weighted by atomic mass is 32.1. The monoisotopic (exact) mass is 460 g/mol. The Morgan fingerprint density at radius 1 is 0.871 bits per heavy atom. The maximum absolute atomic E-state index is 12.9. The number of hydrogen-bond acceptors (Lipinski definition) is 5. The molecule has 2 aromatic carbocycles. The number of urea groups is 1. The zero-order valence-electron chi connectivity index (χ0n) is 15.0. The third-order valence-corrected chi connectivity index (χ3v) is 4.38. The van der Waals surface area contributed by atoms with Gasteiger partial charge in [0.25, 0.3) is 5.91 Å². The lowest BCUT2D eigenvalue weighted by molar-refractivity contribution is -0.143. The predicted molar refractivity (Wildman–Crippen MR) is 98.3 cm³/mol. The number of nitrogens with zero attached hydrogens (tertiary/aromatic N) is 2. The normalized spacial score (nSPS) is 11.8. The van der Waals surface area contributed by atoms with E-state index in [9.17, 15) is 35.9 Å². The summed E-state index contributed by atoms with van der Waals surface area (Å²) in [5.41, 5.74) is -2.73. The molecule has 3 rings (SSSR count). The highest BCUT2D eigenvalue weighted by molar-refractivity contribution is 7.03. The first-order valence-electron chi connectivity index (χ1n) is 8.23. The van der Waals surface area contributed by atoms with Gasteiger partial charge in [0.15, 0.2) is 0 Å². The number of imide groups is 1. The Hall–Kier alpha value is -3.48. The first kappa shape index (κ1) is 22.2. The van der Waals surface area contributed by atoms with E-state index in [1.807, 2.05) is 10.6 Å². The average molecular weight is 460 g/mol. The number of anilines is 1. The van der Waals surface area contributed by atoms with E-state index in [0.29, 0.717) is 23.4 Å². The van der Waals surface area contributed by atoms with E-state index in [2.05, 4.69) is 9.59 Å². The molecule has 3 amide bonds. The third-order valence-electron chi connectivity index (χ3n) is 3.88. The van der Waals surface area contributed by atoms with E-state index in [0.717, 1.165) is 11.5 Å². The van der Waals surface area contributed by atoms with E-state index >= 15 is 0 Å². The Morgan fingerprint density at radius 2 is 1.45 bits per heavy atom. The van der Waals surface area contributed by atoms with E-state index in [4.69, 9.17) is 0 Å². The molecule has 162 valence electrons. The van der Waals surface area contributed by atoms with Crippen LogP contribution in [-0.2, 0) is 12.4 Å². The fraction of sp³-hybridized carbons (Fsp3) is 0.111. The van der Waals surface area contributed by atoms with Crippen molar-refractivity contribution in [3.8, 4) is 11.3 Å². The second kappa shape index (κ2) is 8.34. The van der Waals surface area contributed by atoms with Crippen LogP contribution in [0.2, 0.25) is 0 Å². The smallest absolute Gasteiger partial charge is 0.308 e. The molecule has 0 atom stereocenters. The zero-order chi connectivity index (χ0) is 22.8. The van der Waals surface area contributed by atoms with Gasteiger partial charge in [-0.3, -0.25) is 10.1 Å². The number of aromatic nitrogens is 2. The van der Waals surface area contributed by atoms with Gasteiger partial charge < -0.3 is 5.32 Å². The fourth-order valence-electron chi connectivity index (χ4n) is 2.45. The Bertz CT molecular complexity index is 1060. The molecule has 0 saturated carbocycles. The molecule has 0 bridgehead atoms. The van der Waals surface area contributed by atoms with Gasteiger partial charge in [-0.2, -0.15) is 26.3 Å². The molecule has 0 aliphatic rings. The largest absolute Gasteiger partial charge is 0.416 e. The molecule has 13 heteroatoms. The van der Waals surface area contributed by atoms with Gasteiger partial charge in [-0.1, -0.05) is 16.6 Å². The molecular weight excluding hydrogens is 450 g/mol. The van der Waals surface area contributed by atoms with Gasteiger partial charge in [0.2, 0.25) is 0 Å². The number of rotatable bonds is 3. The quantitative estimate of drug-likeness (QED) is 0.526. The average Bonchev–Trinajstić information content (AvgIpc) is 3.21. The fourth-order valence-corrected chi connectivity index (χ4v) is 2.91. The van der Waals surface area contributed by atoms with Crippen molar-refractivity contribution in [3.63, 3.8) is 0 Å². The highest BCUT2D eigenvalue weighted by Gasteiger charge is 2.37. The van der Waals surface area contributed by atoms with Crippen molar-refractivity contribution < 1.29 is 35.9 Å². The molecule has 0 spiro atoms. The lowest BCUT2D eigenvalue weighted by Gasteiger charge is -2.15. The van der Waals surface area contributed by atoms with Gasteiger partial charge in [-0.05, 0) is 41.9 Å². The minimum atomic E-state index is -5.07. The molecule has 1 heterocycles. The van der Waals surface area contributed by atoms with E-state index in [1.54, 1.807) is 5.38 Å². The highest BCUT2D eigenvalue weighted by Crippen LogP contribution is 2.37. The Morgan fingerprint density at radius 3 is 1.94 bits per heavy atom. The molecule has 0 aliphatic carbocycles. The van der Waals surface area contributed by atoms with E-state index < -0.39 is 41.1 Å². The van der Waals surface area contributed by atoms with Crippen molar-refractivity contribution in [2.45, 2.75) is 12.4 Å². The number of halogens is 6. The summed E-state index contributed by atoms with van der Waals surface area (Å²) in [5.74, 6) is -0.913. The molecule has 0 unspecified atom stereocenters. The lowest BCUT2D eigenvalue weighted by Crippen LogP contribution is -2.34. The minimum Gasteiger partial charge on any atom is -0.308 e. The molecular formula is C18H10F6N4O2S. The number of hydrogen-bond donors (Lipinski definition) is 2. The van der Waals surface area contributed by atoms with Crippen molar-refractivity contribution in [1.29, 1.82) is 0 Å². The molecule has 1 aromatic heterocycles. The molecule has 0 fully saturated rings. The number of carbonyl (C=O) groups is 2. The molecule has 0 saturated heterocycles. The number of alkyl halides is 6. The van der Waals surface area contributed by atoms with Crippen molar-refractivity contribution >= 4 is 29.2 Å². The summed E-state index contributed by atoms with van der Waals surface area (Å²) >= 11 is 1.12.